The highest BCUT2D eigenvalue weighted by Crippen LogP contribution is 2.24. The minimum Gasteiger partial charge on any atom is -0.481 e. The van der Waals surface area contributed by atoms with Crippen LogP contribution in [0.15, 0.2) is 24.3 Å². The molecular weight excluding hydrogens is 360 g/mol. The Morgan fingerprint density at radius 1 is 1.21 bits per heavy atom. The van der Waals surface area contributed by atoms with Gasteiger partial charge in [0, 0.05) is 30.6 Å². The number of piperidine rings is 1. The van der Waals surface area contributed by atoms with Crippen molar-refractivity contribution in [1.29, 1.82) is 5.41 Å². The maximum atomic E-state index is 13.0. The molecule has 1 atom stereocenters. The zero-order valence-electron chi connectivity index (χ0n) is 16.3. The fourth-order valence-corrected chi connectivity index (χ4v) is 3.35. The zero-order valence-corrected chi connectivity index (χ0v) is 16.3. The van der Waals surface area contributed by atoms with E-state index >= 15 is 0 Å². The summed E-state index contributed by atoms with van der Waals surface area (Å²) in [5, 5.41) is 19.2. The molecule has 0 bridgehead atoms. The first-order chi connectivity index (χ1) is 13.2. The van der Waals surface area contributed by atoms with Gasteiger partial charge in [0.15, 0.2) is 0 Å². The molecule has 1 aromatic rings. The molecule has 0 saturated carbocycles. The summed E-state index contributed by atoms with van der Waals surface area (Å²) < 4.78 is 0. The highest BCUT2D eigenvalue weighted by molar-refractivity contribution is 6.00. The Kier molecular flexibility index (Phi) is 6.77. The molecule has 2 rings (SSSR count). The summed E-state index contributed by atoms with van der Waals surface area (Å²) in [4.78, 5) is 38.2. The number of nitrogens with zero attached hydrogens (tertiary/aromatic N) is 1. The standard InChI is InChI=1S/C20H28N4O4/c1-3-20(2,19(28)24-10-8-13(9-11-24)12-16(25)26)23-18(27)15-6-4-14(5-7-15)17(21)22/h4-7,13H,3,8-12H2,1-2H3,(H3,21,22)(H,23,27)(H,25,26)/t20-/m1/s1. The molecule has 1 aliphatic rings. The third-order valence-corrected chi connectivity index (χ3v) is 5.39. The Morgan fingerprint density at radius 3 is 2.21 bits per heavy atom. The predicted octanol–water partition coefficient (Wildman–Crippen LogP) is 1.58. The summed E-state index contributed by atoms with van der Waals surface area (Å²) in [6.07, 6.45) is 1.86. The molecule has 152 valence electrons. The molecule has 1 aromatic carbocycles. The van der Waals surface area contributed by atoms with Crippen molar-refractivity contribution in [2.45, 2.75) is 45.1 Å². The van der Waals surface area contributed by atoms with Crippen LogP contribution in [0.4, 0.5) is 0 Å². The summed E-state index contributed by atoms with van der Waals surface area (Å²) in [6, 6.07) is 6.33. The van der Waals surface area contributed by atoms with Crippen molar-refractivity contribution in [3.63, 3.8) is 0 Å². The normalized spacial score (nSPS) is 16.9. The summed E-state index contributed by atoms with van der Waals surface area (Å²) in [7, 11) is 0. The molecule has 1 heterocycles. The number of amides is 2. The van der Waals surface area contributed by atoms with Crippen molar-refractivity contribution in [3.8, 4) is 0 Å². The molecule has 1 fully saturated rings. The minimum atomic E-state index is -1.05. The highest BCUT2D eigenvalue weighted by atomic mass is 16.4. The molecule has 1 aliphatic heterocycles. The summed E-state index contributed by atoms with van der Waals surface area (Å²) in [5.74, 6) is -1.33. The van der Waals surface area contributed by atoms with Crippen molar-refractivity contribution in [2.24, 2.45) is 11.7 Å². The predicted molar refractivity (Wildman–Crippen MR) is 105 cm³/mol. The van der Waals surface area contributed by atoms with Gasteiger partial charge in [-0.15, -0.1) is 0 Å². The lowest BCUT2D eigenvalue weighted by molar-refractivity contribution is -0.140. The van der Waals surface area contributed by atoms with E-state index < -0.39 is 11.5 Å². The number of nitrogens with one attached hydrogen (secondary N) is 2. The van der Waals surface area contributed by atoms with Crippen molar-refractivity contribution >= 4 is 23.6 Å². The number of benzene rings is 1. The molecule has 0 spiro atoms. The number of hydrogen-bond donors (Lipinski definition) is 4. The maximum absolute atomic E-state index is 13.0. The number of likely N-dealkylation sites (tertiary alicyclic amines) is 1. The van der Waals surface area contributed by atoms with Gasteiger partial charge in [-0.3, -0.25) is 19.8 Å². The topological polar surface area (TPSA) is 137 Å². The number of nitrogen functional groups attached to an aromatic ring is 1. The molecule has 5 N–H and O–H groups in total. The summed E-state index contributed by atoms with van der Waals surface area (Å²) in [6.45, 7) is 4.54. The van der Waals surface area contributed by atoms with Crippen LogP contribution < -0.4 is 11.1 Å². The Balaban J connectivity index is 2.03. The molecule has 0 radical (unpaired) electrons. The highest BCUT2D eigenvalue weighted by Gasteiger charge is 2.38. The monoisotopic (exact) mass is 388 g/mol. The van der Waals surface area contributed by atoms with Gasteiger partial charge in [0.2, 0.25) is 5.91 Å². The number of carbonyl (C=O) groups is 3. The van der Waals surface area contributed by atoms with E-state index in [1.165, 1.54) is 0 Å². The molecule has 0 unspecified atom stereocenters. The van der Waals surface area contributed by atoms with Crippen molar-refractivity contribution in [1.82, 2.24) is 10.2 Å². The Bertz CT molecular complexity index is 754. The fourth-order valence-electron chi connectivity index (χ4n) is 3.35. The maximum Gasteiger partial charge on any atom is 0.303 e. The fraction of sp³-hybridized carbons (Fsp3) is 0.500. The number of nitrogens with two attached hydrogens (primary N) is 1. The number of carbonyl (C=O) groups excluding carboxylic acids is 2. The van der Waals surface area contributed by atoms with Crippen molar-refractivity contribution in [3.05, 3.63) is 35.4 Å². The molecule has 0 aromatic heterocycles. The van der Waals surface area contributed by atoms with E-state index in [0.717, 1.165) is 0 Å². The quantitative estimate of drug-likeness (QED) is 0.415. The first kappa shape index (κ1) is 21.4. The largest absolute Gasteiger partial charge is 0.481 e. The average Bonchev–Trinajstić information content (AvgIpc) is 2.67. The Labute approximate surface area is 164 Å². The Morgan fingerprint density at radius 2 is 1.75 bits per heavy atom. The zero-order chi connectivity index (χ0) is 20.9. The van der Waals surface area contributed by atoms with Crippen LogP contribution in [0.25, 0.3) is 0 Å². The van der Waals surface area contributed by atoms with Gasteiger partial charge in [0.1, 0.15) is 11.4 Å². The van der Waals surface area contributed by atoms with E-state index in [4.69, 9.17) is 16.2 Å². The molecule has 8 heteroatoms. The lowest BCUT2D eigenvalue weighted by Crippen LogP contribution is -2.58. The van der Waals surface area contributed by atoms with Gasteiger partial charge < -0.3 is 21.1 Å². The number of hydrogen-bond acceptors (Lipinski definition) is 4. The van der Waals surface area contributed by atoms with E-state index in [-0.39, 0.29) is 30.0 Å². The van der Waals surface area contributed by atoms with Crippen LogP contribution in [0.5, 0.6) is 0 Å². The lowest BCUT2D eigenvalue weighted by Gasteiger charge is -2.38. The minimum absolute atomic E-state index is 0.0770. The van der Waals surface area contributed by atoms with Gasteiger partial charge in [0.25, 0.3) is 5.91 Å². The molecule has 8 nitrogen and oxygen atoms in total. The van der Waals surface area contributed by atoms with Gasteiger partial charge in [-0.1, -0.05) is 19.1 Å². The van der Waals surface area contributed by atoms with E-state index in [9.17, 15) is 14.4 Å². The van der Waals surface area contributed by atoms with Gasteiger partial charge in [-0.25, -0.2) is 0 Å². The van der Waals surface area contributed by atoms with Crippen LogP contribution in [-0.4, -0.2) is 52.3 Å². The van der Waals surface area contributed by atoms with Crippen LogP contribution in [-0.2, 0) is 9.59 Å². The van der Waals surface area contributed by atoms with Gasteiger partial charge in [-0.2, -0.15) is 0 Å². The average molecular weight is 388 g/mol. The molecule has 2 amide bonds. The Hall–Kier alpha value is -2.90. The van der Waals surface area contributed by atoms with Crippen LogP contribution in [0, 0.1) is 11.3 Å². The van der Waals surface area contributed by atoms with Gasteiger partial charge >= 0.3 is 5.97 Å². The first-order valence-corrected chi connectivity index (χ1v) is 9.44. The van der Waals surface area contributed by atoms with Gasteiger partial charge in [-0.05, 0) is 44.2 Å². The van der Waals surface area contributed by atoms with E-state index in [1.54, 1.807) is 36.1 Å². The SMILES string of the molecule is CC[C@@](C)(NC(=O)c1ccc(C(=N)N)cc1)C(=O)N1CCC(CC(=O)O)CC1. The second-order valence-corrected chi connectivity index (χ2v) is 7.46. The smallest absolute Gasteiger partial charge is 0.303 e. The van der Waals surface area contributed by atoms with Crippen LogP contribution >= 0.6 is 0 Å². The van der Waals surface area contributed by atoms with Crippen LogP contribution in [0.2, 0.25) is 0 Å². The molecule has 1 saturated heterocycles. The van der Waals surface area contributed by atoms with E-state index in [1.807, 2.05) is 6.92 Å². The molecule has 0 aliphatic carbocycles. The third kappa shape index (κ3) is 5.09. The number of carboxylic acids is 1. The van der Waals surface area contributed by atoms with Crippen LogP contribution in [0.3, 0.4) is 0 Å². The van der Waals surface area contributed by atoms with Crippen molar-refractivity contribution < 1.29 is 19.5 Å². The second-order valence-electron chi connectivity index (χ2n) is 7.46. The number of aliphatic carboxylic acids is 1. The van der Waals surface area contributed by atoms with Crippen molar-refractivity contribution in [2.75, 3.05) is 13.1 Å². The van der Waals surface area contributed by atoms with E-state index in [0.29, 0.717) is 43.5 Å². The second kappa shape index (κ2) is 8.86. The van der Waals surface area contributed by atoms with Crippen LogP contribution in [0.1, 0.15) is 55.5 Å². The number of amidine groups is 1. The number of carboxylic acid groups (broad SMARTS) is 1. The summed E-state index contributed by atoms with van der Waals surface area (Å²) >= 11 is 0. The first-order valence-electron chi connectivity index (χ1n) is 9.44. The molecule has 28 heavy (non-hydrogen) atoms. The third-order valence-electron chi connectivity index (χ3n) is 5.39. The molecular formula is C20H28N4O4. The van der Waals surface area contributed by atoms with Gasteiger partial charge in [0.05, 0.1) is 0 Å². The lowest BCUT2D eigenvalue weighted by atomic mass is 9.90. The van der Waals surface area contributed by atoms with E-state index in [2.05, 4.69) is 5.32 Å². The number of rotatable bonds is 7. The summed E-state index contributed by atoms with van der Waals surface area (Å²) in [5.41, 5.74) is 5.29.